The van der Waals surface area contributed by atoms with E-state index < -0.39 is 48.9 Å². The molecule has 2 aromatic heterocycles. The number of benzene rings is 3. The van der Waals surface area contributed by atoms with Crippen molar-refractivity contribution in [3.05, 3.63) is 65.9 Å². The molecule has 2 unspecified atom stereocenters. The summed E-state index contributed by atoms with van der Waals surface area (Å²) in [7, 11) is 2.83. The molecule has 2 saturated heterocycles. The zero-order chi connectivity index (χ0) is 46.3. The number of H-pyrrole nitrogens is 2. The largest absolute Gasteiger partial charge is 0.488 e. The predicted molar refractivity (Wildman–Crippen MR) is 234 cm³/mol. The summed E-state index contributed by atoms with van der Waals surface area (Å²) in [5.41, 5.74) is 5.86. The van der Waals surface area contributed by atoms with Crippen LogP contribution in [0.2, 0.25) is 0 Å². The molecule has 8 rings (SSSR count). The molecule has 3 aromatic carbocycles. The van der Waals surface area contributed by atoms with Crippen LogP contribution in [0.1, 0.15) is 69.8 Å². The molecule has 65 heavy (non-hydrogen) atoms. The average molecular weight is 901 g/mol. The predicted octanol–water partition coefficient (Wildman–Crippen LogP) is 7.00. The van der Waals surface area contributed by atoms with Crippen LogP contribution in [-0.2, 0) is 30.4 Å². The maximum atomic E-state index is 14.1. The number of nitrogens with one attached hydrogen (secondary N) is 4. The molecular formula is C46H54F2N8O9. The number of imidazole rings is 2. The van der Waals surface area contributed by atoms with Gasteiger partial charge in [0.25, 0.3) is 0 Å². The van der Waals surface area contributed by atoms with Crippen molar-refractivity contribution in [2.24, 2.45) is 23.7 Å². The Balaban J connectivity index is 1.06. The van der Waals surface area contributed by atoms with Gasteiger partial charge in [-0.3, -0.25) is 9.59 Å². The van der Waals surface area contributed by atoms with Gasteiger partial charge in [-0.05, 0) is 71.0 Å². The normalized spacial score (nSPS) is 20.3. The van der Waals surface area contributed by atoms with Crippen LogP contribution < -0.4 is 15.4 Å². The molecule has 0 bridgehead atoms. The number of rotatable bonds is 14. The lowest BCUT2D eigenvalue weighted by Crippen LogP contribution is -2.51. The van der Waals surface area contributed by atoms with E-state index in [9.17, 15) is 33.1 Å². The number of alkyl halides is 2. The summed E-state index contributed by atoms with van der Waals surface area (Å²) in [6.07, 6.45) is 0.650. The van der Waals surface area contributed by atoms with Crippen molar-refractivity contribution in [2.45, 2.75) is 77.9 Å². The highest BCUT2D eigenvalue weighted by atomic mass is 19.3. The fraction of sp³-hybridized carbons (Fsp3) is 0.478. The Morgan fingerprint density at radius 1 is 0.862 bits per heavy atom. The fourth-order valence-corrected chi connectivity index (χ4v) is 9.52. The fourth-order valence-electron chi connectivity index (χ4n) is 9.52. The molecule has 5 aromatic rings. The number of fused-ring (bicyclic) bond motifs is 6. The van der Waals surface area contributed by atoms with Gasteiger partial charge in [0, 0.05) is 43.0 Å². The summed E-state index contributed by atoms with van der Waals surface area (Å²) in [6, 6.07) is 11.2. The van der Waals surface area contributed by atoms with E-state index in [-0.39, 0.29) is 42.7 Å². The molecule has 0 saturated carbocycles. The van der Waals surface area contributed by atoms with Crippen LogP contribution in [0.3, 0.4) is 0 Å². The van der Waals surface area contributed by atoms with Gasteiger partial charge in [0.15, 0.2) is 0 Å². The van der Waals surface area contributed by atoms with Gasteiger partial charge in [-0.25, -0.2) is 19.6 Å². The van der Waals surface area contributed by atoms with Crippen molar-refractivity contribution in [1.29, 1.82) is 0 Å². The second-order valence-electron chi connectivity index (χ2n) is 17.8. The number of carbonyl (C=O) groups is 4. The van der Waals surface area contributed by atoms with E-state index in [1.165, 1.54) is 7.11 Å². The minimum atomic E-state index is -2.95. The van der Waals surface area contributed by atoms with Crippen molar-refractivity contribution < 1.29 is 52.0 Å². The summed E-state index contributed by atoms with van der Waals surface area (Å²) in [5.74, 6) is 0.158. The van der Waals surface area contributed by atoms with Gasteiger partial charge in [-0.1, -0.05) is 45.9 Å². The number of aromatic nitrogens is 4. The van der Waals surface area contributed by atoms with Gasteiger partial charge >= 0.3 is 18.8 Å². The Hall–Kier alpha value is -6.34. The Morgan fingerprint density at radius 2 is 1.54 bits per heavy atom. The number of ether oxygens (including phenoxy) is 4. The molecule has 2 fully saturated rings. The molecule has 0 aliphatic carbocycles. The number of carboxylic acid groups (broad SMARTS) is 1. The first-order chi connectivity index (χ1) is 31.1. The number of hydrogen-bond acceptors (Lipinski definition) is 10. The smallest absolute Gasteiger partial charge is 0.407 e. The van der Waals surface area contributed by atoms with Crippen molar-refractivity contribution in [2.75, 3.05) is 40.5 Å². The molecule has 3 aliphatic heterocycles. The van der Waals surface area contributed by atoms with Crippen LogP contribution in [0.4, 0.5) is 18.4 Å². The van der Waals surface area contributed by atoms with Crippen LogP contribution in [0.15, 0.2) is 48.7 Å². The quantitative estimate of drug-likeness (QED) is 0.0765. The zero-order valence-electron chi connectivity index (χ0n) is 37.0. The standard InChI is InChI=1S/C46H54F2N8O9/c1-22(2)37(53-45(59)60)42(57)55-17-24(19-62-5)11-34(55)40-49-16-33(51-40)27-7-9-29-28(13-27)21-64-36-15-30-26(14-31(29)36)8-10-32-39(30)52-41(50-32)35-12-25(20-65-44(47)48)18-56(35)43(58)38(23(3)4)54-46(61)63-6/h7-10,13-16,22-25,34-35,37-38,44,53H,11-12,17-21H2,1-6H3,(H,49,51)(H,50,52)(H,54,61)(H,59,60)/t24-,25-,34-,35-,37?,38?/m0/s1. The number of alkyl carbamates (subject to hydrolysis) is 1. The monoisotopic (exact) mass is 900 g/mol. The van der Waals surface area contributed by atoms with Crippen LogP contribution in [-0.4, -0.2) is 118 Å². The highest BCUT2D eigenvalue weighted by Gasteiger charge is 2.43. The Morgan fingerprint density at radius 3 is 2.18 bits per heavy atom. The second-order valence-corrected chi connectivity index (χ2v) is 17.8. The number of amides is 4. The number of hydrogen-bond donors (Lipinski definition) is 5. The minimum Gasteiger partial charge on any atom is -0.488 e. The Bertz CT molecular complexity index is 2600. The summed E-state index contributed by atoms with van der Waals surface area (Å²) in [6.45, 7) is 5.29. The lowest BCUT2D eigenvalue weighted by Gasteiger charge is -2.30. The number of carbonyl (C=O) groups excluding carboxylic acids is 3. The average Bonchev–Trinajstić information content (AvgIpc) is 4.11. The van der Waals surface area contributed by atoms with Gasteiger partial charge in [0.1, 0.15) is 36.1 Å². The molecule has 6 atom stereocenters. The number of halogens is 2. The molecule has 346 valence electrons. The van der Waals surface area contributed by atoms with Gasteiger partial charge in [0.2, 0.25) is 11.8 Å². The summed E-state index contributed by atoms with van der Waals surface area (Å²) >= 11 is 0. The lowest BCUT2D eigenvalue weighted by atomic mass is 9.92. The van der Waals surface area contributed by atoms with Crippen LogP contribution in [0, 0.1) is 23.7 Å². The van der Waals surface area contributed by atoms with Crippen LogP contribution in [0.25, 0.3) is 44.2 Å². The van der Waals surface area contributed by atoms with Gasteiger partial charge in [0.05, 0.1) is 55.3 Å². The number of nitrogens with zero attached hydrogens (tertiary/aromatic N) is 4. The molecule has 3 aliphatic rings. The highest BCUT2D eigenvalue weighted by molar-refractivity contribution is 6.07. The third kappa shape index (κ3) is 9.16. The lowest BCUT2D eigenvalue weighted by molar-refractivity contribution is -0.139. The van der Waals surface area contributed by atoms with Crippen LogP contribution >= 0.6 is 0 Å². The zero-order valence-corrected chi connectivity index (χ0v) is 37.0. The first-order valence-electron chi connectivity index (χ1n) is 21.7. The topological polar surface area (TPSA) is 213 Å². The van der Waals surface area contributed by atoms with E-state index >= 15 is 0 Å². The first-order valence-corrected chi connectivity index (χ1v) is 21.7. The molecule has 5 N–H and O–H groups in total. The van der Waals surface area contributed by atoms with Crippen LogP contribution in [0.5, 0.6) is 5.75 Å². The molecule has 4 amide bonds. The molecule has 5 heterocycles. The van der Waals surface area contributed by atoms with E-state index in [0.29, 0.717) is 55.5 Å². The summed E-state index contributed by atoms with van der Waals surface area (Å²) in [5, 5.41) is 16.2. The third-order valence-electron chi connectivity index (χ3n) is 12.7. The summed E-state index contributed by atoms with van der Waals surface area (Å²) in [4.78, 5) is 71.5. The van der Waals surface area contributed by atoms with E-state index in [0.717, 1.165) is 44.2 Å². The maximum Gasteiger partial charge on any atom is 0.407 e. The SMILES string of the molecule is COC[C@H]1C[C@@H](c2ncc(-c3ccc4c(c3)COc3cc5c(ccc6[nH]c([C@@H]7C[C@H](COC(F)F)CN7C(=O)C(NC(=O)OC)C(C)C)nc65)cc3-4)[nH]2)N(C(=O)C(NC(=O)O)C(C)C)C1. The maximum absolute atomic E-state index is 14.1. The van der Waals surface area contributed by atoms with E-state index in [1.807, 2.05) is 30.3 Å². The highest BCUT2D eigenvalue weighted by Crippen LogP contribution is 2.44. The number of methoxy groups -OCH3 is 2. The second kappa shape index (κ2) is 18.6. The number of likely N-dealkylation sites (tertiary alicyclic amines) is 2. The number of aromatic amines is 2. The van der Waals surface area contributed by atoms with E-state index in [4.69, 9.17) is 24.2 Å². The minimum absolute atomic E-state index is 0.0488. The molecular weight excluding hydrogens is 847 g/mol. The van der Waals surface area contributed by atoms with Crippen molar-refractivity contribution in [3.63, 3.8) is 0 Å². The van der Waals surface area contributed by atoms with E-state index in [1.54, 1.807) is 50.8 Å². The molecule has 0 spiro atoms. The third-order valence-corrected chi connectivity index (χ3v) is 12.7. The van der Waals surface area contributed by atoms with Crippen molar-refractivity contribution >= 4 is 45.8 Å². The molecule has 0 radical (unpaired) electrons. The van der Waals surface area contributed by atoms with Gasteiger partial charge in [-0.15, -0.1) is 0 Å². The van der Waals surface area contributed by atoms with Gasteiger partial charge in [-0.2, -0.15) is 8.78 Å². The first kappa shape index (κ1) is 45.2. The Labute approximate surface area is 373 Å². The van der Waals surface area contributed by atoms with Crippen molar-refractivity contribution in [1.82, 2.24) is 40.4 Å². The molecule has 17 nitrogen and oxygen atoms in total. The molecule has 19 heteroatoms. The van der Waals surface area contributed by atoms with Gasteiger partial charge < -0.3 is 54.5 Å². The summed E-state index contributed by atoms with van der Waals surface area (Å²) < 4.78 is 47.5. The van der Waals surface area contributed by atoms with Crippen molar-refractivity contribution in [3.8, 4) is 28.1 Å². The Kier molecular flexibility index (Phi) is 13.0. The van der Waals surface area contributed by atoms with E-state index in [2.05, 4.69) is 37.5 Å².